The van der Waals surface area contributed by atoms with Gasteiger partial charge in [0.05, 0.1) is 16.3 Å². The molecule has 1 atom stereocenters. The van der Waals surface area contributed by atoms with Crippen LogP contribution in [-0.4, -0.2) is 0 Å². The second-order valence-electron chi connectivity index (χ2n) is 10.0. The molecule has 5 heteroatoms. The molecule has 9 rings (SSSR count). The number of aromatic nitrogens is 2. The fourth-order valence-corrected chi connectivity index (χ4v) is 9.94. The van der Waals surface area contributed by atoms with E-state index in [1.54, 1.807) is 0 Å². The van der Waals surface area contributed by atoms with Crippen LogP contribution in [0.3, 0.4) is 0 Å². The van der Waals surface area contributed by atoms with Crippen LogP contribution in [0.1, 0.15) is 11.1 Å². The zero-order valence-corrected chi connectivity index (χ0v) is 21.2. The number of pyridine rings is 2. The van der Waals surface area contributed by atoms with Crippen molar-refractivity contribution >= 4 is 54.4 Å². The van der Waals surface area contributed by atoms with Gasteiger partial charge >= 0.3 is 10.7 Å². The van der Waals surface area contributed by atoms with Gasteiger partial charge in [-0.25, -0.2) is 0 Å². The number of para-hydroxylation sites is 2. The molecule has 0 saturated heterocycles. The first-order valence-corrected chi connectivity index (χ1v) is 14.0. The maximum absolute atomic E-state index is 7.23. The molecule has 4 aromatic carbocycles. The molecule has 4 nitrogen and oxygen atoms in total. The molecule has 0 N–H and O–H groups in total. The lowest BCUT2D eigenvalue weighted by Crippen LogP contribution is -2.54. The molecule has 7 aromatic rings. The predicted octanol–water partition coefficient (Wildman–Crippen LogP) is 7.46. The Labute approximate surface area is 214 Å². The van der Waals surface area contributed by atoms with Crippen LogP contribution in [0.4, 0.5) is 0 Å². The zero-order valence-electron chi connectivity index (χ0n) is 20.4. The van der Waals surface area contributed by atoms with Crippen molar-refractivity contribution in [2.45, 2.75) is 18.7 Å². The van der Waals surface area contributed by atoms with Crippen molar-refractivity contribution in [1.29, 1.82) is 0 Å². The molecule has 0 aliphatic carbocycles. The molecule has 0 bridgehead atoms. The zero-order chi connectivity index (χ0) is 24.5. The maximum atomic E-state index is 7.23. The van der Waals surface area contributed by atoms with E-state index in [1.807, 2.05) is 6.07 Å². The van der Waals surface area contributed by atoms with Crippen molar-refractivity contribution in [1.82, 2.24) is 0 Å². The Kier molecular flexibility index (Phi) is 3.48. The lowest BCUT2D eigenvalue weighted by molar-refractivity contribution is -0.583. The van der Waals surface area contributed by atoms with Crippen LogP contribution in [0.2, 0.25) is 0 Å². The van der Waals surface area contributed by atoms with Gasteiger partial charge in [0.2, 0.25) is 17.0 Å². The van der Waals surface area contributed by atoms with Crippen LogP contribution in [0.15, 0.2) is 107 Å². The molecule has 0 amide bonds. The van der Waals surface area contributed by atoms with Gasteiger partial charge in [0, 0.05) is 17.5 Å². The highest BCUT2D eigenvalue weighted by atomic mass is 32.3. The average molecular weight is 499 g/mol. The number of nitrogens with zero attached hydrogens (tertiary/aromatic N) is 2. The Bertz CT molecular complexity index is 2160. The summed E-state index contributed by atoms with van der Waals surface area (Å²) in [4.78, 5) is 1.21. The first-order chi connectivity index (χ1) is 18.2. The maximum Gasteiger partial charge on any atom is 0.385 e. The molecular weight excluding hydrogens is 476 g/mol. The van der Waals surface area contributed by atoms with Crippen molar-refractivity contribution in [3.63, 3.8) is 0 Å². The first-order valence-electron chi connectivity index (χ1n) is 12.5. The second kappa shape index (κ2) is 6.50. The molecule has 5 heterocycles. The highest BCUT2D eigenvalue weighted by Crippen LogP contribution is 2.63. The van der Waals surface area contributed by atoms with Crippen LogP contribution in [0.5, 0.6) is 5.75 Å². The molecule has 1 unspecified atom stereocenters. The molecule has 0 saturated carbocycles. The van der Waals surface area contributed by atoms with E-state index in [0.29, 0.717) is 0 Å². The quantitative estimate of drug-likeness (QED) is 0.203. The minimum atomic E-state index is -2.16. The largest absolute Gasteiger partial charge is 0.455 e. The standard InChI is InChI=1S/C32H22N2O2S/c1-19-17-20(2)28-24(18-19)34-31(29-22-11-3-5-13-25(22)35-32(28)29)23-12-4-6-15-27(23)37(34)33-16-8-10-21-9-7-14-26(36-37)30(21)33/h3-18H,1-2H3/q+2. The minimum Gasteiger partial charge on any atom is -0.455 e. The normalized spacial score (nSPS) is 19.0. The van der Waals surface area contributed by atoms with E-state index in [0.717, 1.165) is 44.1 Å². The van der Waals surface area contributed by atoms with E-state index in [-0.39, 0.29) is 0 Å². The van der Waals surface area contributed by atoms with Gasteiger partial charge in [-0.05, 0) is 61.4 Å². The van der Waals surface area contributed by atoms with Gasteiger partial charge in [-0.15, -0.1) is 0 Å². The number of hydrogen-bond acceptors (Lipinski definition) is 2. The Hall–Kier alpha value is -4.35. The predicted molar refractivity (Wildman–Crippen MR) is 148 cm³/mol. The number of hydrogen-bond donors (Lipinski definition) is 0. The van der Waals surface area contributed by atoms with E-state index >= 15 is 0 Å². The van der Waals surface area contributed by atoms with Crippen molar-refractivity contribution in [3.05, 3.63) is 108 Å². The van der Waals surface area contributed by atoms with Crippen LogP contribution >= 0.6 is 10.7 Å². The third-order valence-corrected chi connectivity index (χ3v) is 10.9. The molecule has 37 heavy (non-hydrogen) atoms. The van der Waals surface area contributed by atoms with Gasteiger partial charge < -0.3 is 8.60 Å². The fraction of sp³-hybridized carbons (Fsp3) is 0.0625. The summed E-state index contributed by atoms with van der Waals surface area (Å²) in [6.07, 6.45) is 2.19. The van der Waals surface area contributed by atoms with Crippen molar-refractivity contribution in [3.8, 4) is 17.0 Å². The van der Waals surface area contributed by atoms with Crippen LogP contribution in [-0.2, 0) is 0 Å². The van der Waals surface area contributed by atoms with E-state index in [2.05, 4.69) is 113 Å². The highest BCUT2D eigenvalue weighted by Gasteiger charge is 2.64. The molecule has 2 aliphatic rings. The third-order valence-electron chi connectivity index (χ3n) is 7.84. The van der Waals surface area contributed by atoms with E-state index in [1.165, 1.54) is 32.7 Å². The molecule has 0 radical (unpaired) electrons. The number of fused-ring (bicyclic) bond motifs is 13. The molecule has 2 aliphatic heterocycles. The van der Waals surface area contributed by atoms with Gasteiger partial charge in [-0.1, -0.05) is 50.4 Å². The number of rotatable bonds is 0. The molecule has 3 aromatic heterocycles. The van der Waals surface area contributed by atoms with Crippen LogP contribution in [0.25, 0.3) is 55.0 Å². The number of furan rings is 1. The Morgan fingerprint density at radius 2 is 1.62 bits per heavy atom. The molecule has 0 fully saturated rings. The van der Waals surface area contributed by atoms with E-state index in [9.17, 15) is 0 Å². The molecule has 176 valence electrons. The number of benzene rings is 4. The summed E-state index contributed by atoms with van der Waals surface area (Å²) in [6.45, 7) is 4.36. The van der Waals surface area contributed by atoms with Gasteiger partial charge in [0.25, 0.3) is 5.52 Å². The summed E-state index contributed by atoms with van der Waals surface area (Å²) in [5.74, 6) is 0.929. The van der Waals surface area contributed by atoms with Gasteiger partial charge in [-0.2, -0.15) is 0 Å². The summed E-state index contributed by atoms with van der Waals surface area (Å²) in [7, 11) is -2.16. The number of aryl methyl sites for hydroxylation is 2. The lowest BCUT2D eigenvalue weighted by atomic mass is 9.99. The van der Waals surface area contributed by atoms with Gasteiger partial charge in [0.1, 0.15) is 11.0 Å². The minimum absolute atomic E-state index is 0.909. The highest BCUT2D eigenvalue weighted by molar-refractivity contribution is 8.19. The average Bonchev–Trinajstić information content (AvgIpc) is 3.54. The van der Waals surface area contributed by atoms with Crippen LogP contribution in [0, 0.1) is 13.8 Å². The summed E-state index contributed by atoms with van der Waals surface area (Å²) >= 11 is 0. The van der Waals surface area contributed by atoms with Crippen LogP contribution < -0.4 is 12.1 Å². The molecular formula is C32H22N2O2S+2. The fourth-order valence-electron chi connectivity index (χ4n) is 6.50. The SMILES string of the molecule is Cc1cc(C)c2c3oc4ccccc4c3c3[n+](c2c1)S1(Oc2cccc4ccc[n+]1c24)c1ccccc1-3. The van der Waals surface area contributed by atoms with Crippen molar-refractivity contribution in [2.24, 2.45) is 0 Å². The summed E-state index contributed by atoms with van der Waals surface area (Å²) in [6, 6.07) is 32.4. The van der Waals surface area contributed by atoms with E-state index < -0.39 is 10.7 Å². The second-order valence-corrected chi connectivity index (χ2v) is 12.4. The molecule has 1 spiro atoms. The summed E-state index contributed by atoms with van der Waals surface area (Å²) in [5.41, 5.74) is 8.94. The smallest absolute Gasteiger partial charge is 0.385 e. The lowest BCUT2D eigenvalue weighted by Gasteiger charge is -2.20. The Balaban J connectivity index is 1.61. The monoisotopic (exact) mass is 498 g/mol. The Morgan fingerprint density at radius 1 is 0.784 bits per heavy atom. The third kappa shape index (κ3) is 2.19. The topological polar surface area (TPSA) is 30.1 Å². The summed E-state index contributed by atoms with van der Waals surface area (Å²) < 4.78 is 18.8. The van der Waals surface area contributed by atoms with Crippen molar-refractivity contribution < 1.29 is 16.5 Å². The Morgan fingerprint density at radius 3 is 2.57 bits per heavy atom. The van der Waals surface area contributed by atoms with Gasteiger partial charge in [-0.3, -0.25) is 0 Å². The van der Waals surface area contributed by atoms with E-state index in [4.69, 9.17) is 8.60 Å². The van der Waals surface area contributed by atoms with Gasteiger partial charge in [0.15, 0.2) is 16.7 Å². The first kappa shape index (κ1) is 19.8. The van der Waals surface area contributed by atoms with Crippen molar-refractivity contribution in [2.75, 3.05) is 0 Å². The summed E-state index contributed by atoms with van der Waals surface area (Å²) in [5, 5.41) is 4.61.